The largest absolute Gasteiger partial charge is 0.481 e. The number of aldehydes is 1. The van der Waals surface area contributed by atoms with E-state index < -0.39 is 11.9 Å². The normalized spacial score (nSPS) is 15.2. The third kappa shape index (κ3) is 8.13. The fourth-order valence-corrected chi connectivity index (χ4v) is 2.74. The van der Waals surface area contributed by atoms with Crippen LogP contribution in [-0.4, -0.2) is 17.4 Å². The molecule has 0 rings (SSSR count). The molecule has 0 heterocycles. The lowest BCUT2D eigenvalue weighted by Gasteiger charge is -2.22. The van der Waals surface area contributed by atoms with Crippen LogP contribution < -0.4 is 0 Å². The van der Waals surface area contributed by atoms with Gasteiger partial charge in [-0.1, -0.05) is 44.8 Å². The standard InChI is InChI=1S/C17H30O3/c1-5-7-14(6-2)8-9-15(10-13(3)4)16(12-18)11-17(19)20/h10,12,14-16H,5-9,11H2,1-4H3,(H,19,20). The summed E-state index contributed by atoms with van der Waals surface area (Å²) in [6.45, 7) is 8.39. The molecule has 3 unspecified atom stereocenters. The first-order valence-corrected chi connectivity index (χ1v) is 7.76. The lowest BCUT2D eigenvalue weighted by Crippen LogP contribution is -2.19. The van der Waals surface area contributed by atoms with Gasteiger partial charge in [-0.15, -0.1) is 0 Å². The van der Waals surface area contributed by atoms with Crippen molar-refractivity contribution >= 4 is 12.3 Å². The van der Waals surface area contributed by atoms with Crippen LogP contribution in [0.3, 0.4) is 0 Å². The third-order valence-electron chi connectivity index (χ3n) is 3.86. The Labute approximate surface area is 123 Å². The molecule has 0 aromatic heterocycles. The van der Waals surface area contributed by atoms with Crippen molar-refractivity contribution in [2.24, 2.45) is 17.8 Å². The van der Waals surface area contributed by atoms with Crippen LogP contribution in [0.15, 0.2) is 11.6 Å². The Morgan fingerprint density at radius 3 is 2.15 bits per heavy atom. The van der Waals surface area contributed by atoms with E-state index in [-0.39, 0.29) is 12.3 Å². The van der Waals surface area contributed by atoms with E-state index in [2.05, 4.69) is 19.9 Å². The molecule has 0 aliphatic heterocycles. The zero-order valence-electron chi connectivity index (χ0n) is 13.4. The van der Waals surface area contributed by atoms with Gasteiger partial charge >= 0.3 is 5.97 Å². The van der Waals surface area contributed by atoms with Gasteiger partial charge in [0.2, 0.25) is 0 Å². The van der Waals surface area contributed by atoms with Gasteiger partial charge in [0, 0.05) is 5.92 Å². The highest BCUT2D eigenvalue weighted by atomic mass is 16.4. The molecule has 0 aromatic carbocycles. The molecular weight excluding hydrogens is 252 g/mol. The minimum absolute atomic E-state index is 0.0551. The van der Waals surface area contributed by atoms with Gasteiger partial charge < -0.3 is 9.90 Å². The second-order valence-electron chi connectivity index (χ2n) is 5.95. The van der Waals surface area contributed by atoms with Crippen LogP contribution in [0.2, 0.25) is 0 Å². The van der Waals surface area contributed by atoms with E-state index in [9.17, 15) is 9.59 Å². The maximum absolute atomic E-state index is 11.2. The van der Waals surface area contributed by atoms with Gasteiger partial charge in [0.25, 0.3) is 0 Å². The van der Waals surface area contributed by atoms with E-state index in [1.54, 1.807) is 0 Å². The molecule has 0 aliphatic carbocycles. The van der Waals surface area contributed by atoms with E-state index in [0.29, 0.717) is 5.92 Å². The highest BCUT2D eigenvalue weighted by Crippen LogP contribution is 2.27. The van der Waals surface area contributed by atoms with Crippen molar-refractivity contribution in [2.45, 2.75) is 66.2 Å². The molecule has 0 radical (unpaired) electrons. The average Bonchev–Trinajstić information content (AvgIpc) is 2.38. The Hall–Kier alpha value is -1.12. The zero-order valence-corrected chi connectivity index (χ0v) is 13.4. The first kappa shape index (κ1) is 18.9. The number of allylic oxidation sites excluding steroid dienone is 2. The van der Waals surface area contributed by atoms with Crippen molar-refractivity contribution in [1.82, 2.24) is 0 Å². The SMILES string of the molecule is CCCC(CC)CCC(C=C(C)C)C(C=O)CC(=O)O. The summed E-state index contributed by atoms with van der Waals surface area (Å²) >= 11 is 0. The second-order valence-corrected chi connectivity index (χ2v) is 5.95. The number of aliphatic carboxylic acids is 1. The van der Waals surface area contributed by atoms with Crippen molar-refractivity contribution in [3.05, 3.63) is 11.6 Å². The molecule has 116 valence electrons. The molecule has 3 heteroatoms. The lowest BCUT2D eigenvalue weighted by molar-refractivity contribution is -0.139. The first-order chi connectivity index (χ1) is 9.44. The number of carboxylic acid groups (broad SMARTS) is 1. The maximum atomic E-state index is 11.2. The highest BCUT2D eigenvalue weighted by Gasteiger charge is 2.22. The van der Waals surface area contributed by atoms with Crippen molar-refractivity contribution in [1.29, 1.82) is 0 Å². The number of hydrogen-bond donors (Lipinski definition) is 1. The summed E-state index contributed by atoms with van der Waals surface area (Å²) in [5.41, 5.74) is 1.15. The summed E-state index contributed by atoms with van der Waals surface area (Å²) in [7, 11) is 0. The monoisotopic (exact) mass is 282 g/mol. The molecule has 0 saturated heterocycles. The number of hydrogen-bond acceptors (Lipinski definition) is 2. The molecule has 0 fully saturated rings. The topological polar surface area (TPSA) is 54.4 Å². The quantitative estimate of drug-likeness (QED) is 0.449. The number of rotatable bonds is 11. The summed E-state index contributed by atoms with van der Waals surface area (Å²) in [4.78, 5) is 22.1. The van der Waals surface area contributed by atoms with Crippen LogP contribution in [-0.2, 0) is 9.59 Å². The molecule has 0 bridgehead atoms. The van der Waals surface area contributed by atoms with Crippen LogP contribution >= 0.6 is 0 Å². The van der Waals surface area contributed by atoms with Crippen molar-refractivity contribution in [3.8, 4) is 0 Å². The predicted octanol–water partition coefficient (Wildman–Crippen LogP) is 4.47. The maximum Gasteiger partial charge on any atom is 0.304 e. The number of carbonyl (C=O) groups is 2. The van der Waals surface area contributed by atoms with E-state index in [1.165, 1.54) is 12.8 Å². The van der Waals surface area contributed by atoms with Gasteiger partial charge in [0.1, 0.15) is 6.29 Å². The minimum Gasteiger partial charge on any atom is -0.481 e. The molecule has 1 N–H and O–H groups in total. The summed E-state index contributed by atoms with van der Waals surface area (Å²) < 4.78 is 0. The first-order valence-electron chi connectivity index (χ1n) is 7.76. The molecular formula is C17H30O3. The Balaban J connectivity index is 4.74. The summed E-state index contributed by atoms with van der Waals surface area (Å²) in [5.74, 6) is -0.555. The van der Waals surface area contributed by atoms with Gasteiger partial charge in [0.15, 0.2) is 0 Å². The molecule has 0 amide bonds. The van der Waals surface area contributed by atoms with Crippen LogP contribution in [0.4, 0.5) is 0 Å². The molecule has 3 nitrogen and oxygen atoms in total. The zero-order chi connectivity index (χ0) is 15.5. The summed E-state index contributed by atoms with van der Waals surface area (Å²) in [5, 5.41) is 8.93. The lowest BCUT2D eigenvalue weighted by atomic mass is 9.82. The fraction of sp³-hybridized carbons (Fsp3) is 0.765. The van der Waals surface area contributed by atoms with E-state index in [0.717, 1.165) is 31.1 Å². The molecule has 0 saturated carbocycles. The van der Waals surface area contributed by atoms with Crippen LogP contribution in [0.5, 0.6) is 0 Å². The second kappa shape index (κ2) is 10.6. The van der Waals surface area contributed by atoms with E-state index in [4.69, 9.17) is 5.11 Å². The smallest absolute Gasteiger partial charge is 0.304 e. The van der Waals surface area contributed by atoms with Gasteiger partial charge in [0.05, 0.1) is 6.42 Å². The van der Waals surface area contributed by atoms with E-state index >= 15 is 0 Å². The Bertz CT molecular complexity index is 316. The Morgan fingerprint density at radius 1 is 1.10 bits per heavy atom. The van der Waals surface area contributed by atoms with Crippen LogP contribution in [0.1, 0.15) is 66.2 Å². The fourth-order valence-electron chi connectivity index (χ4n) is 2.74. The Morgan fingerprint density at radius 2 is 1.75 bits per heavy atom. The molecule has 3 atom stereocenters. The third-order valence-corrected chi connectivity index (χ3v) is 3.86. The van der Waals surface area contributed by atoms with Gasteiger partial charge in [-0.2, -0.15) is 0 Å². The van der Waals surface area contributed by atoms with Crippen molar-refractivity contribution in [2.75, 3.05) is 0 Å². The van der Waals surface area contributed by atoms with Crippen molar-refractivity contribution in [3.63, 3.8) is 0 Å². The number of carboxylic acids is 1. The molecule has 0 spiro atoms. The minimum atomic E-state index is -0.894. The molecule has 20 heavy (non-hydrogen) atoms. The highest BCUT2D eigenvalue weighted by molar-refractivity contribution is 5.72. The summed E-state index contributed by atoms with van der Waals surface area (Å²) in [6, 6.07) is 0. The summed E-state index contributed by atoms with van der Waals surface area (Å²) in [6.07, 6.45) is 8.34. The van der Waals surface area contributed by atoms with Gasteiger partial charge in [-0.05, 0) is 38.5 Å². The average molecular weight is 282 g/mol. The Kier molecular flexibility index (Phi) is 10.0. The van der Waals surface area contributed by atoms with E-state index in [1.807, 2.05) is 13.8 Å². The van der Waals surface area contributed by atoms with Crippen LogP contribution in [0.25, 0.3) is 0 Å². The van der Waals surface area contributed by atoms with Crippen LogP contribution in [0, 0.1) is 17.8 Å². The molecule has 0 aromatic rings. The predicted molar refractivity (Wildman–Crippen MR) is 82.7 cm³/mol. The van der Waals surface area contributed by atoms with Gasteiger partial charge in [-0.3, -0.25) is 4.79 Å². The molecule has 0 aliphatic rings. The number of carbonyl (C=O) groups excluding carboxylic acids is 1. The van der Waals surface area contributed by atoms with Crippen molar-refractivity contribution < 1.29 is 14.7 Å². The van der Waals surface area contributed by atoms with Gasteiger partial charge in [-0.25, -0.2) is 0 Å².